The Morgan fingerprint density at radius 3 is 2.28 bits per heavy atom. The van der Waals surface area contributed by atoms with Crippen LogP contribution in [0.15, 0.2) is 49.6 Å². The second-order valence-corrected chi connectivity index (χ2v) is 9.33. The fourth-order valence-corrected chi connectivity index (χ4v) is 4.88. The smallest absolute Gasteiger partial charge is 0.193 e. The molecule has 0 aromatic heterocycles. The van der Waals surface area contributed by atoms with Gasteiger partial charge in [-0.1, -0.05) is 70.3 Å². The van der Waals surface area contributed by atoms with Crippen LogP contribution >= 0.6 is 0 Å². The van der Waals surface area contributed by atoms with Crippen molar-refractivity contribution in [1.29, 1.82) is 0 Å². The van der Waals surface area contributed by atoms with E-state index in [0.29, 0.717) is 17.2 Å². The van der Waals surface area contributed by atoms with Gasteiger partial charge in [-0.2, -0.15) is 0 Å². The molecule has 1 saturated carbocycles. The molecule has 0 unspecified atom stereocenters. The third-order valence-electron chi connectivity index (χ3n) is 7.42. The molecule has 0 bridgehead atoms. The van der Waals surface area contributed by atoms with E-state index in [9.17, 15) is 4.79 Å². The molecule has 0 amide bonds. The zero-order valence-electron chi connectivity index (χ0n) is 18.0. The van der Waals surface area contributed by atoms with Crippen LogP contribution in [0.2, 0.25) is 0 Å². The fraction of sp³-hybridized carbons (Fsp3) is 0.370. The summed E-state index contributed by atoms with van der Waals surface area (Å²) in [6, 6.07) is 11.9. The maximum atomic E-state index is 13.4. The first-order chi connectivity index (χ1) is 13.7. The summed E-state index contributed by atoms with van der Waals surface area (Å²) in [5.41, 5.74) is 6.40. The second kappa shape index (κ2) is 6.73. The quantitative estimate of drug-likeness (QED) is 0.431. The van der Waals surface area contributed by atoms with Gasteiger partial charge >= 0.3 is 0 Å². The Bertz CT molecular complexity index is 1000. The molecule has 1 fully saturated rings. The highest BCUT2D eigenvalue weighted by molar-refractivity contribution is 6.11. The molecular formula is C27H30O2. The van der Waals surface area contributed by atoms with Gasteiger partial charge in [-0.3, -0.25) is 4.79 Å². The summed E-state index contributed by atoms with van der Waals surface area (Å²) in [5.74, 6) is 1.26. The maximum absolute atomic E-state index is 13.4. The fourth-order valence-electron chi connectivity index (χ4n) is 4.88. The Hall–Kier alpha value is -2.61. The van der Waals surface area contributed by atoms with E-state index >= 15 is 0 Å². The van der Waals surface area contributed by atoms with E-state index in [1.165, 1.54) is 30.4 Å². The molecule has 2 nitrogen and oxygen atoms in total. The Labute approximate surface area is 174 Å². The van der Waals surface area contributed by atoms with Crippen molar-refractivity contribution in [2.45, 2.75) is 50.9 Å². The van der Waals surface area contributed by atoms with E-state index in [0.717, 1.165) is 16.7 Å². The van der Waals surface area contributed by atoms with Gasteiger partial charge in [-0.05, 0) is 58.8 Å². The summed E-state index contributed by atoms with van der Waals surface area (Å²) >= 11 is 0. The molecule has 29 heavy (non-hydrogen) atoms. The van der Waals surface area contributed by atoms with Gasteiger partial charge in [-0.15, -0.1) is 0 Å². The van der Waals surface area contributed by atoms with Crippen molar-refractivity contribution in [3.63, 3.8) is 0 Å². The van der Waals surface area contributed by atoms with Gasteiger partial charge in [0, 0.05) is 16.7 Å². The first kappa shape index (κ1) is 19.7. The summed E-state index contributed by atoms with van der Waals surface area (Å²) < 4.78 is 5.19. The Morgan fingerprint density at radius 1 is 1.10 bits per heavy atom. The van der Waals surface area contributed by atoms with E-state index in [-0.39, 0.29) is 16.6 Å². The number of hydrogen-bond acceptors (Lipinski definition) is 2. The second-order valence-electron chi connectivity index (χ2n) is 9.33. The molecule has 0 radical (unpaired) electrons. The molecule has 2 aliphatic rings. The molecule has 1 spiro atoms. The van der Waals surface area contributed by atoms with Gasteiger partial charge in [0.2, 0.25) is 0 Å². The Balaban J connectivity index is 1.80. The molecule has 1 atom stereocenters. The topological polar surface area (TPSA) is 26.3 Å². The number of benzene rings is 2. The number of carbonyl (C=O) groups is 1. The summed E-state index contributed by atoms with van der Waals surface area (Å²) in [6.07, 6.45) is 5.50. The number of carbonyl (C=O) groups excluding carboxylic acids is 1. The Kier molecular flexibility index (Phi) is 4.57. The molecule has 2 aromatic carbocycles. The molecule has 0 saturated heterocycles. The molecule has 0 heterocycles. The highest BCUT2D eigenvalue weighted by Crippen LogP contribution is 2.61. The first-order valence-electron chi connectivity index (χ1n) is 10.4. The highest BCUT2D eigenvalue weighted by Gasteiger charge is 2.53. The van der Waals surface area contributed by atoms with Gasteiger partial charge in [0.25, 0.3) is 0 Å². The predicted molar refractivity (Wildman–Crippen MR) is 120 cm³/mol. The van der Waals surface area contributed by atoms with Crippen LogP contribution in [0, 0.1) is 5.92 Å². The lowest BCUT2D eigenvalue weighted by molar-refractivity contribution is 0.103. The molecular weight excluding hydrogens is 356 g/mol. The molecule has 0 N–H and O–H groups in total. The minimum absolute atomic E-state index is 0.0458. The van der Waals surface area contributed by atoms with Gasteiger partial charge in [0.15, 0.2) is 5.78 Å². The van der Waals surface area contributed by atoms with Crippen molar-refractivity contribution in [1.82, 2.24) is 0 Å². The van der Waals surface area contributed by atoms with Crippen molar-refractivity contribution in [3.05, 3.63) is 82.9 Å². The lowest BCUT2D eigenvalue weighted by Crippen LogP contribution is -2.37. The van der Waals surface area contributed by atoms with Gasteiger partial charge in [0.1, 0.15) is 5.76 Å². The third kappa shape index (κ3) is 3.06. The minimum atomic E-state index is 0.0458. The summed E-state index contributed by atoms with van der Waals surface area (Å²) in [7, 11) is 1.60. The Morgan fingerprint density at radius 2 is 1.72 bits per heavy atom. The zero-order chi connectivity index (χ0) is 21.0. The van der Waals surface area contributed by atoms with E-state index in [2.05, 4.69) is 46.1 Å². The van der Waals surface area contributed by atoms with E-state index in [4.69, 9.17) is 4.74 Å². The van der Waals surface area contributed by atoms with Crippen molar-refractivity contribution in [2.75, 3.05) is 7.11 Å². The van der Waals surface area contributed by atoms with Crippen LogP contribution in [0.1, 0.15) is 78.2 Å². The standard InChI is InChI=1S/C27H30O2/c1-7-19-14-23-24(27(12-13-27)16-17(2)26(23,4)5)15-22(19)25(28)21-10-8-20(9-11-21)18(3)29-6/h7-11,14-15,17H,1,3,12-13,16H2,2,4-6H3/t17-/m0/s1. The number of rotatable bonds is 5. The van der Waals surface area contributed by atoms with Crippen LogP contribution in [0.25, 0.3) is 11.8 Å². The predicted octanol–water partition coefficient (Wildman–Crippen LogP) is 6.53. The minimum Gasteiger partial charge on any atom is -0.497 e. The summed E-state index contributed by atoms with van der Waals surface area (Å²) in [4.78, 5) is 13.4. The third-order valence-corrected chi connectivity index (χ3v) is 7.42. The molecule has 4 rings (SSSR count). The molecule has 2 heteroatoms. The van der Waals surface area contributed by atoms with Crippen LogP contribution in [0.3, 0.4) is 0 Å². The highest BCUT2D eigenvalue weighted by atomic mass is 16.5. The SMILES string of the molecule is C=Cc1cc2c(cc1C(=O)c1ccc(C(=C)OC)cc1)C1(CC1)C[C@H](C)C2(C)C. The number of fused-ring (bicyclic) bond motifs is 2. The van der Waals surface area contributed by atoms with E-state index in [1.54, 1.807) is 7.11 Å². The van der Waals surface area contributed by atoms with Crippen LogP contribution in [0.4, 0.5) is 0 Å². The van der Waals surface area contributed by atoms with E-state index < -0.39 is 0 Å². The van der Waals surface area contributed by atoms with Crippen LogP contribution < -0.4 is 0 Å². The average molecular weight is 387 g/mol. The maximum Gasteiger partial charge on any atom is 0.193 e. The van der Waals surface area contributed by atoms with E-state index in [1.807, 2.05) is 30.3 Å². The zero-order valence-corrected chi connectivity index (χ0v) is 18.0. The summed E-state index contributed by atoms with van der Waals surface area (Å²) in [6.45, 7) is 14.9. The van der Waals surface area contributed by atoms with Crippen molar-refractivity contribution in [3.8, 4) is 0 Å². The lowest BCUT2D eigenvalue weighted by atomic mass is 9.61. The van der Waals surface area contributed by atoms with Gasteiger partial charge < -0.3 is 4.74 Å². The largest absolute Gasteiger partial charge is 0.497 e. The van der Waals surface area contributed by atoms with Crippen LogP contribution in [-0.2, 0) is 15.6 Å². The molecule has 2 aliphatic carbocycles. The lowest BCUT2D eigenvalue weighted by Gasteiger charge is -2.43. The monoisotopic (exact) mass is 386 g/mol. The van der Waals surface area contributed by atoms with Crippen molar-refractivity contribution in [2.24, 2.45) is 5.92 Å². The number of ether oxygens (including phenoxy) is 1. The van der Waals surface area contributed by atoms with Gasteiger partial charge in [-0.25, -0.2) is 0 Å². The normalized spacial score (nSPS) is 20.6. The number of methoxy groups -OCH3 is 1. The number of hydrogen-bond donors (Lipinski definition) is 0. The number of ketones is 1. The average Bonchev–Trinajstić information content (AvgIpc) is 3.51. The van der Waals surface area contributed by atoms with Gasteiger partial charge in [0.05, 0.1) is 7.11 Å². The first-order valence-corrected chi connectivity index (χ1v) is 10.4. The van der Waals surface area contributed by atoms with Crippen molar-refractivity contribution < 1.29 is 9.53 Å². The molecule has 2 aromatic rings. The molecule has 150 valence electrons. The van der Waals surface area contributed by atoms with Crippen LogP contribution in [-0.4, -0.2) is 12.9 Å². The van der Waals surface area contributed by atoms with Crippen LogP contribution in [0.5, 0.6) is 0 Å². The van der Waals surface area contributed by atoms with Crippen molar-refractivity contribution >= 4 is 17.6 Å². The summed E-state index contributed by atoms with van der Waals surface area (Å²) in [5, 5.41) is 0. The molecule has 0 aliphatic heterocycles.